The highest BCUT2D eigenvalue weighted by Gasteiger charge is 2.15. The van der Waals surface area contributed by atoms with Gasteiger partial charge in [-0.05, 0) is 47.3 Å². The third-order valence-electron chi connectivity index (χ3n) is 2.10. The summed E-state index contributed by atoms with van der Waals surface area (Å²) >= 11 is 10.9. The monoisotopic (exact) mass is 244 g/mol. The first kappa shape index (κ1) is 12.2. The van der Waals surface area contributed by atoms with Gasteiger partial charge in [0.2, 0.25) is 0 Å². The first-order chi connectivity index (χ1) is 7.07. The quantitative estimate of drug-likeness (QED) is 0.762. The molecule has 0 unspecified atom stereocenters. The summed E-state index contributed by atoms with van der Waals surface area (Å²) in [4.78, 5) is 22.3. The van der Waals surface area contributed by atoms with Gasteiger partial charge in [0, 0.05) is 11.1 Å². The van der Waals surface area contributed by atoms with E-state index in [2.05, 4.69) is 0 Å². The van der Waals surface area contributed by atoms with Crippen LogP contribution in [0.3, 0.4) is 0 Å². The summed E-state index contributed by atoms with van der Waals surface area (Å²) in [6.07, 6.45) is 1.43. The van der Waals surface area contributed by atoms with Gasteiger partial charge in [-0.25, -0.2) is 0 Å². The van der Waals surface area contributed by atoms with Crippen molar-refractivity contribution >= 4 is 33.7 Å². The zero-order valence-electron chi connectivity index (χ0n) is 8.22. The molecule has 0 amide bonds. The van der Waals surface area contributed by atoms with Crippen LogP contribution in [-0.2, 0) is 6.42 Å². The second-order valence-electron chi connectivity index (χ2n) is 3.13. The Hall–Kier alpha value is -0.860. The van der Waals surface area contributed by atoms with Gasteiger partial charge in [-0.2, -0.15) is 0 Å². The Morgan fingerprint density at radius 1 is 1.13 bits per heavy atom. The zero-order valence-corrected chi connectivity index (χ0v) is 9.73. The van der Waals surface area contributed by atoms with E-state index in [1.807, 2.05) is 6.92 Å². The van der Waals surface area contributed by atoms with Crippen molar-refractivity contribution in [3.8, 4) is 0 Å². The highest BCUT2D eigenvalue weighted by molar-refractivity contribution is 6.69. The SMILES string of the molecule is CCCc1c(C(=O)Cl)cccc1C(=O)Cl. The maximum absolute atomic E-state index is 11.1. The molecule has 0 saturated carbocycles. The third kappa shape index (κ3) is 2.80. The summed E-state index contributed by atoms with van der Waals surface area (Å²) in [6, 6.07) is 4.80. The number of rotatable bonds is 4. The lowest BCUT2D eigenvalue weighted by Crippen LogP contribution is -2.04. The Kier molecular flexibility index (Phi) is 4.30. The van der Waals surface area contributed by atoms with Crippen molar-refractivity contribution in [1.29, 1.82) is 0 Å². The van der Waals surface area contributed by atoms with E-state index < -0.39 is 10.5 Å². The first-order valence-corrected chi connectivity index (χ1v) is 5.35. The number of halogens is 2. The van der Waals surface area contributed by atoms with Gasteiger partial charge in [0.25, 0.3) is 10.5 Å². The van der Waals surface area contributed by atoms with E-state index in [0.717, 1.165) is 6.42 Å². The van der Waals surface area contributed by atoms with Crippen molar-refractivity contribution in [3.05, 3.63) is 34.9 Å². The second-order valence-corrected chi connectivity index (χ2v) is 3.82. The fourth-order valence-corrected chi connectivity index (χ4v) is 1.83. The molecule has 15 heavy (non-hydrogen) atoms. The molecule has 0 aromatic heterocycles. The van der Waals surface area contributed by atoms with E-state index in [1.54, 1.807) is 18.2 Å². The molecule has 0 radical (unpaired) electrons. The predicted molar refractivity (Wildman–Crippen MR) is 60.8 cm³/mol. The summed E-state index contributed by atoms with van der Waals surface area (Å²) in [7, 11) is 0. The van der Waals surface area contributed by atoms with E-state index >= 15 is 0 Å². The van der Waals surface area contributed by atoms with Gasteiger partial charge in [0.1, 0.15) is 0 Å². The minimum absolute atomic E-state index is 0.366. The average molecular weight is 245 g/mol. The molecule has 0 aliphatic rings. The maximum Gasteiger partial charge on any atom is 0.252 e. The molecule has 0 bridgehead atoms. The highest BCUT2D eigenvalue weighted by Crippen LogP contribution is 2.20. The first-order valence-electron chi connectivity index (χ1n) is 4.59. The van der Waals surface area contributed by atoms with Crippen LogP contribution < -0.4 is 0 Å². The molecule has 0 atom stereocenters. The van der Waals surface area contributed by atoms with E-state index in [4.69, 9.17) is 23.2 Å². The van der Waals surface area contributed by atoms with Gasteiger partial charge in [-0.15, -0.1) is 0 Å². The van der Waals surface area contributed by atoms with E-state index in [9.17, 15) is 9.59 Å². The molecule has 80 valence electrons. The molecule has 0 spiro atoms. The van der Waals surface area contributed by atoms with Crippen LogP contribution in [0, 0.1) is 0 Å². The lowest BCUT2D eigenvalue weighted by atomic mass is 9.98. The molecule has 0 aliphatic heterocycles. The number of benzene rings is 1. The fraction of sp³-hybridized carbons (Fsp3) is 0.273. The Morgan fingerprint density at radius 2 is 1.60 bits per heavy atom. The molecule has 1 aromatic carbocycles. The predicted octanol–water partition coefficient (Wildman–Crippen LogP) is 3.40. The Labute approximate surface area is 98.2 Å². The van der Waals surface area contributed by atoms with Gasteiger partial charge in [-0.1, -0.05) is 19.4 Å². The molecule has 2 nitrogen and oxygen atoms in total. The number of carbonyl (C=O) groups excluding carboxylic acids is 2. The maximum atomic E-state index is 11.1. The minimum atomic E-state index is -0.557. The van der Waals surface area contributed by atoms with Crippen LogP contribution in [0.4, 0.5) is 0 Å². The highest BCUT2D eigenvalue weighted by atomic mass is 35.5. The summed E-state index contributed by atoms with van der Waals surface area (Å²) in [6.45, 7) is 1.96. The molecule has 0 saturated heterocycles. The summed E-state index contributed by atoms with van der Waals surface area (Å²) in [5.74, 6) is 0. The normalized spacial score (nSPS) is 10.1. The topological polar surface area (TPSA) is 34.1 Å². The van der Waals surface area contributed by atoms with Crippen molar-refractivity contribution in [2.24, 2.45) is 0 Å². The molecule has 1 aromatic rings. The molecular formula is C11H10Cl2O2. The van der Waals surface area contributed by atoms with Crippen LogP contribution in [0.5, 0.6) is 0 Å². The van der Waals surface area contributed by atoms with Gasteiger partial charge in [-0.3, -0.25) is 9.59 Å². The van der Waals surface area contributed by atoms with E-state index in [-0.39, 0.29) is 0 Å². The van der Waals surface area contributed by atoms with Crippen LogP contribution in [-0.4, -0.2) is 10.5 Å². The standard InChI is InChI=1S/C11H10Cl2O2/c1-2-4-7-8(10(12)14)5-3-6-9(7)11(13)15/h3,5-6H,2,4H2,1H3. The molecule has 1 rings (SSSR count). The smallest absolute Gasteiger partial charge is 0.252 e. The Morgan fingerprint density at radius 3 is 1.93 bits per heavy atom. The average Bonchev–Trinajstić information content (AvgIpc) is 2.17. The molecule has 4 heteroatoms. The molecular weight excluding hydrogens is 235 g/mol. The zero-order chi connectivity index (χ0) is 11.4. The molecule has 0 aliphatic carbocycles. The van der Waals surface area contributed by atoms with Gasteiger partial charge < -0.3 is 0 Å². The lowest BCUT2D eigenvalue weighted by molar-refractivity contribution is 0.108. The van der Waals surface area contributed by atoms with Crippen molar-refractivity contribution in [2.45, 2.75) is 19.8 Å². The van der Waals surface area contributed by atoms with Crippen molar-refractivity contribution < 1.29 is 9.59 Å². The number of hydrogen-bond acceptors (Lipinski definition) is 2. The third-order valence-corrected chi connectivity index (χ3v) is 2.51. The molecule has 0 fully saturated rings. The van der Waals surface area contributed by atoms with Crippen molar-refractivity contribution in [2.75, 3.05) is 0 Å². The number of hydrogen-bond donors (Lipinski definition) is 0. The Balaban J connectivity index is 3.34. The molecule has 0 heterocycles. The second kappa shape index (κ2) is 5.29. The van der Waals surface area contributed by atoms with Crippen LogP contribution in [0.15, 0.2) is 18.2 Å². The van der Waals surface area contributed by atoms with E-state index in [1.165, 1.54) is 0 Å². The lowest BCUT2D eigenvalue weighted by Gasteiger charge is -2.08. The van der Waals surface area contributed by atoms with Gasteiger partial charge >= 0.3 is 0 Å². The van der Waals surface area contributed by atoms with Crippen LogP contribution in [0.25, 0.3) is 0 Å². The van der Waals surface area contributed by atoms with Crippen LogP contribution >= 0.6 is 23.2 Å². The summed E-state index contributed by atoms with van der Waals surface area (Å²) < 4.78 is 0. The Bertz CT molecular complexity index is 367. The van der Waals surface area contributed by atoms with Crippen molar-refractivity contribution in [1.82, 2.24) is 0 Å². The minimum Gasteiger partial charge on any atom is -0.276 e. The van der Waals surface area contributed by atoms with Crippen molar-refractivity contribution in [3.63, 3.8) is 0 Å². The van der Waals surface area contributed by atoms with Crippen LogP contribution in [0.2, 0.25) is 0 Å². The largest absolute Gasteiger partial charge is 0.276 e. The van der Waals surface area contributed by atoms with Gasteiger partial charge in [0.05, 0.1) is 0 Å². The fourth-order valence-electron chi connectivity index (χ4n) is 1.47. The molecule has 0 N–H and O–H groups in total. The van der Waals surface area contributed by atoms with E-state index in [0.29, 0.717) is 23.1 Å². The van der Waals surface area contributed by atoms with Crippen LogP contribution in [0.1, 0.15) is 39.6 Å². The summed E-state index contributed by atoms with van der Waals surface area (Å²) in [5, 5.41) is -1.11. The van der Waals surface area contributed by atoms with Gasteiger partial charge in [0.15, 0.2) is 0 Å². The number of carbonyl (C=O) groups is 2. The summed E-state index contributed by atoms with van der Waals surface area (Å²) in [5.41, 5.74) is 1.37.